The van der Waals surface area contributed by atoms with Crippen LogP contribution < -0.4 is 47.3 Å². The van der Waals surface area contributed by atoms with Crippen molar-refractivity contribution in [2.75, 3.05) is 57.7 Å². The van der Waals surface area contributed by atoms with E-state index in [9.17, 15) is 91.4 Å². The van der Waals surface area contributed by atoms with E-state index in [1.165, 1.54) is 39.8 Å². The Morgan fingerprint density at radius 3 is 1.65 bits per heavy atom. The van der Waals surface area contributed by atoms with Gasteiger partial charge in [0.05, 0.1) is 85.7 Å². The molecule has 0 radical (unpaired) electrons. The summed E-state index contributed by atoms with van der Waals surface area (Å²) in [5.74, 6) is -24.7. The first-order chi connectivity index (χ1) is 56.4. The Bertz CT molecular complexity index is 4370. The number of carbonyl (C=O) groups excluding carboxylic acids is 21. The molecule has 119 heavy (non-hydrogen) atoms. The highest BCUT2D eigenvalue weighted by molar-refractivity contribution is 7.99. The molecule has 0 spiro atoms. The number of aromatic nitrogens is 1. The van der Waals surface area contributed by atoms with Gasteiger partial charge in [0.1, 0.15) is 30.2 Å². The van der Waals surface area contributed by atoms with Gasteiger partial charge in [-0.15, -0.1) is 11.8 Å². The van der Waals surface area contributed by atoms with Crippen LogP contribution in [0.25, 0.3) is 10.9 Å². The van der Waals surface area contributed by atoms with Gasteiger partial charge in [-0.25, -0.2) is 0 Å². The molecule has 1 aromatic heterocycles. The first-order valence-electron chi connectivity index (χ1n) is 39.8. The SMILES string of the molecule is CC[C@H](C)[C@@H]1NC(=O)CNC(=O)[C@H]2CC(=O)[C@H]([C@@H](C)CC)NC(=O)[C@@H]3C[C@H](O)CN3C(=O)[C@H](CC(=O)OC)NC(=O)[C@H](CSc3[nH]c4cc5c(cc4c3C2)NC(=O)C(C)CC(=O)C(C)NC(=O)CCOCCCC(=O)C(N2C(=O)C=CC2=O)C(N2C(=O)C=CC2=O)C(=O)CCCOCCC(=O)NC(C)C(=O)CC(C)C(=O)O5)NC(=O)CCC1=O. The number of ketones is 6. The molecule has 0 saturated carbocycles. The van der Waals surface area contributed by atoms with Crippen molar-refractivity contribution in [3.63, 3.8) is 0 Å². The maximum absolute atomic E-state index is 15.3. The van der Waals surface area contributed by atoms with Crippen LogP contribution in [-0.4, -0.2) is 261 Å². The van der Waals surface area contributed by atoms with E-state index in [-0.39, 0.29) is 92.1 Å². The molecule has 1 aromatic carbocycles. The summed E-state index contributed by atoms with van der Waals surface area (Å²) in [6.07, 6.45) is -3.71. The van der Waals surface area contributed by atoms with Crippen LogP contribution in [0.5, 0.6) is 5.75 Å². The maximum atomic E-state index is 15.3. The number of ether oxygens (including phenoxy) is 4. The first kappa shape index (κ1) is 93.4. The number of aliphatic hydroxyl groups excluding tert-OH is 1. The molecule has 15 atom stereocenters. The molecule has 8 rings (SSSR count). The average Bonchev–Trinajstić information content (AvgIpc) is 1.66. The predicted octanol–water partition coefficient (Wildman–Crippen LogP) is -0.416. The number of carbonyl (C=O) groups is 21. The number of fused-ring (bicyclic) bond motifs is 6. The summed E-state index contributed by atoms with van der Waals surface area (Å²) in [5.41, 5.74) is -0.0876. The third kappa shape index (κ3) is 24.8. The minimum Gasteiger partial charge on any atom is -0.469 e. The number of thioether (sulfide) groups is 1. The lowest BCUT2D eigenvalue weighted by atomic mass is 9.86. The Labute approximate surface area is 689 Å². The molecular weight excluding hydrogens is 1580 g/mol. The topological polar surface area (TPSA) is 537 Å². The second-order valence-electron chi connectivity index (χ2n) is 30.7. The largest absolute Gasteiger partial charge is 0.469 e. The number of hydrogen-bond acceptors (Lipinski definition) is 27. The number of aliphatic hydroxyl groups is 1. The maximum Gasteiger partial charge on any atom is 0.314 e. The second kappa shape index (κ2) is 43.1. The van der Waals surface area contributed by atoms with Crippen molar-refractivity contribution in [1.82, 2.24) is 56.9 Å². The summed E-state index contributed by atoms with van der Waals surface area (Å²) >= 11 is 0.831. The number of imide groups is 2. The number of nitrogens with one attached hydrogen (secondary N) is 9. The summed E-state index contributed by atoms with van der Waals surface area (Å²) < 4.78 is 22.3. The van der Waals surface area contributed by atoms with Crippen LogP contribution in [0, 0.1) is 29.6 Å². The summed E-state index contributed by atoms with van der Waals surface area (Å²) in [4.78, 5) is 301. The molecule has 0 aliphatic carbocycles. The molecule has 6 aliphatic rings. The number of esters is 2. The molecule has 646 valence electrons. The number of hydrogen-bond donors (Lipinski definition) is 10. The van der Waals surface area contributed by atoms with Crippen LogP contribution >= 0.6 is 11.8 Å². The minimum atomic E-state index is -1.98. The van der Waals surface area contributed by atoms with Gasteiger partial charge in [0, 0.05) is 137 Å². The fourth-order valence-corrected chi connectivity index (χ4v) is 15.5. The first-order valence-corrected chi connectivity index (χ1v) is 40.8. The van der Waals surface area contributed by atoms with E-state index in [1.54, 1.807) is 27.7 Å². The van der Waals surface area contributed by atoms with Crippen LogP contribution in [-0.2, 0) is 121 Å². The number of anilines is 1. The number of Topliss-reactive ketones (excluding diaryl/α,β-unsaturated/α-hetero) is 6. The Morgan fingerprint density at radius 1 is 0.563 bits per heavy atom. The number of aromatic amines is 1. The predicted molar refractivity (Wildman–Crippen MR) is 418 cm³/mol. The van der Waals surface area contributed by atoms with Crippen LogP contribution in [0.3, 0.4) is 0 Å². The van der Waals surface area contributed by atoms with Crippen LogP contribution in [0.15, 0.2) is 41.5 Å². The summed E-state index contributed by atoms with van der Waals surface area (Å²) in [5, 5.41) is 32.2. The fourth-order valence-electron chi connectivity index (χ4n) is 14.4. The zero-order chi connectivity index (χ0) is 87.4. The van der Waals surface area contributed by atoms with Gasteiger partial charge in [0.25, 0.3) is 23.6 Å². The van der Waals surface area contributed by atoms with E-state index in [4.69, 9.17) is 18.9 Å². The Morgan fingerprint density at radius 2 is 1.10 bits per heavy atom. The van der Waals surface area contributed by atoms with Crippen molar-refractivity contribution < 1.29 is 125 Å². The quantitative estimate of drug-likeness (QED) is 0.0912. The van der Waals surface area contributed by atoms with Gasteiger partial charge in [-0.3, -0.25) is 110 Å². The van der Waals surface area contributed by atoms with Gasteiger partial charge in [0.15, 0.2) is 40.4 Å². The van der Waals surface area contributed by atoms with Crippen molar-refractivity contribution in [3.05, 3.63) is 42.0 Å². The lowest BCUT2D eigenvalue weighted by molar-refractivity contribution is -0.156. The number of nitrogens with zero attached hydrogens (tertiary/aromatic N) is 3. The molecule has 7 heterocycles. The monoisotopic (exact) mass is 1680 g/mol. The van der Waals surface area contributed by atoms with Crippen molar-refractivity contribution in [2.45, 2.75) is 224 Å². The molecule has 1 saturated heterocycles. The van der Waals surface area contributed by atoms with Crippen molar-refractivity contribution in [1.29, 1.82) is 0 Å². The highest BCUT2D eigenvalue weighted by Crippen LogP contribution is 2.40. The Kier molecular flexibility index (Phi) is 33.8. The smallest absolute Gasteiger partial charge is 0.314 e. The number of methoxy groups -OCH3 is 1. The highest BCUT2D eigenvalue weighted by atomic mass is 32.2. The van der Waals surface area contributed by atoms with E-state index >= 15 is 14.4 Å². The number of amides is 13. The van der Waals surface area contributed by atoms with Crippen LogP contribution in [0.1, 0.15) is 157 Å². The van der Waals surface area contributed by atoms with Crippen molar-refractivity contribution >= 4 is 152 Å². The van der Waals surface area contributed by atoms with Gasteiger partial charge < -0.3 is 76.5 Å². The average molecular weight is 1680 g/mol. The third-order valence-corrected chi connectivity index (χ3v) is 22.9. The lowest BCUT2D eigenvalue weighted by Gasteiger charge is -2.35. The molecule has 39 heteroatoms. The molecule has 6 unspecified atom stereocenters. The molecular formula is C80H104N12O26S. The van der Waals surface area contributed by atoms with E-state index in [1.807, 2.05) is 0 Å². The summed E-state index contributed by atoms with van der Waals surface area (Å²) in [6, 6.07) is -11.5. The van der Waals surface area contributed by atoms with Gasteiger partial charge in [0.2, 0.25) is 53.2 Å². The summed E-state index contributed by atoms with van der Waals surface area (Å²) in [6.45, 7) is 9.98. The van der Waals surface area contributed by atoms with Crippen molar-refractivity contribution in [3.8, 4) is 5.75 Å². The number of benzene rings is 1. The normalized spacial score (nSPS) is 28.3. The molecule has 6 aliphatic heterocycles. The van der Waals surface area contributed by atoms with Crippen LogP contribution in [0.2, 0.25) is 0 Å². The molecule has 38 nitrogen and oxygen atoms in total. The number of H-pyrrole nitrogens is 1. The van der Waals surface area contributed by atoms with Gasteiger partial charge in [-0.05, 0) is 56.6 Å². The highest BCUT2D eigenvalue weighted by Gasteiger charge is 2.50. The molecule has 13 amide bonds. The fraction of sp³-hybridized carbons (Fsp3) is 0.588. The zero-order valence-electron chi connectivity index (χ0n) is 67.8. The minimum absolute atomic E-state index is 0.0571. The Hall–Kier alpha value is -11.1. The molecule has 2 aromatic rings. The molecule has 2 bridgehead atoms. The van der Waals surface area contributed by atoms with Gasteiger partial charge in [-0.2, -0.15) is 0 Å². The van der Waals surface area contributed by atoms with Crippen molar-refractivity contribution in [2.24, 2.45) is 29.6 Å². The number of rotatable bonds is 8. The van der Waals surface area contributed by atoms with Gasteiger partial charge in [-0.1, -0.05) is 54.4 Å². The Balaban J connectivity index is 1.17. The second-order valence-corrected chi connectivity index (χ2v) is 31.7. The molecule has 10 N–H and O–H groups in total. The van der Waals surface area contributed by atoms with E-state index in [2.05, 4.69) is 47.5 Å². The molecule has 1 fully saturated rings. The standard InChI is InChI=1S/C80H104N12O26S/c1-10-39(3)70-54(94)16-17-61(100)84-52-38-119-78-48(30-45(75(110)81-36-64(103)88-70)31-59(99)71(40(4)11-2)89-77(112)53-32-46(93)37-90(53)79(113)51(86-76(52)111)35-69(108)115-9)47-33-50-60(34-49(47)87-78)118-80(114)42(6)29-58(98)44(8)83-63(102)23-27-117-25-13-15-56(96)73(92-67(106)20-21-68(92)107)72(91-65(104)18-19-66(91)105)55(95)14-12-24-116-26-22-62(101)82-43(7)57(97)28-41(5)74(109)85-50/h18-21,33-34,39-46,51-53,70-73,87,93H,10-17,22-32,35-38H2,1-9H3,(H,81,110)(H,82,101)(H,83,102)(H,84,100)(H,85,109)(H,86,111)(H,88,103)(H,89,112)/t39-,40-,41?,42?,43?,44?,45+,46-,51-,52-,53-,70-,71-,72?,73?/m0/s1. The van der Waals surface area contributed by atoms with Crippen LogP contribution in [0.4, 0.5) is 5.69 Å². The zero-order valence-corrected chi connectivity index (χ0v) is 68.6. The van der Waals surface area contributed by atoms with E-state index < -0.39 is 296 Å². The third-order valence-electron chi connectivity index (χ3n) is 21.7. The lowest BCUT2D eigenvalue weighted by Crippen LogP contribution is -2.61. The van der Waals surface area contributed by atoms with E-state index in [0.717, 1.165) is 48.1 Å². The van der Waals surface area contributed by atoms with E-state index in [0.29, 0.717) is 16.2 Å². The summed E-state index contributed by atoms with van der Waals surface area (Å²) in [7, 11) is 1.02. The van der Waals surface area contributed by atoms with Gasteiger partial charge >= 0.3 is 11.9 Å².